The molecule has 0 rings (SSSR count). The van der Waals surface area contributed by atoms with E-state index < -0.39 is 11.1 Å². The molecule has 0 radical (unpaired) electrons. The number of hydrogen-bond acceptors (Lipinski definition) is 5. The van der Waals surface area contributed by atoms with Gasteiger partial charge in [-0.25, -0.2) is 0 Å². The molecule has 0 aromatic rings. The molecule has 0 amide bonds. The van der Waals surface area contributed by atoms with Crippen LogP contribution in [0.2, 0.25) is 0 Å². The average Bonchev–Trinajstić information content (AvgIpc) is 1.56. The summed E-state index contributed by atoms with van der Waals surface area (Å²) in [4.78, 5) is 27.7. The van der Waals surface area contributed by atoms with E-state index >= 15 is 0 Å². The van der Waals surface area contributed by atoms with Crippen LogP contribution >= 0.6 is 0 Å². The van der Waals surface area contributed by atoms with E-state index in [0.717, 1.165) is 0 Å². The molecule has 0 saturated heterocycles. The molecule has 0 saturated carbocycles. The fourth-order valence-corrected chi connectivity index (χ4v) is 0.213. The van der Waals surface area contributed by atoms with Gasteiger partial charge in [0.2, 0.25) is 0 Å². The number of aliphatic carboxylic acids is 1. The van der Waals surface area contributed by atoms with Gasteiger partial charge in [0.05, 0.1) is 5.09 Å². The van der Waals surface area contributed by atoms with Gasteiger partial charge in [0.1, 0.15) is 12.2 Å². The van der Waals surface area contributed by atoms with Gasteiger partial charge < -0.3 is 20.4 Å². The van der Waals surface area contributed by atoms with Crippen LogP contribution in [0, 0.1) is 15.3 Å². The smallest absolute Gasteiger partial charge is 0.310 e. The zero-order valence-electron chi connectivity index (χ0n) is 5.64. The number of hydrogen-bond donors (Lipinski definition) is 1. The quantitative estimate of drug-likeness (QED) is 0.343. The molecule has 64 valence electrons. The maximum Gasteiger partial charge on any atom is 0.310 e. The molecule has 0 heterocycles. The summed E-state index contributed by atoms with van der Waals surface area (Å²) in [5, 5.41) is 22.6. The maximum absolute atomic E-state index is 9.87. The Morgan fingerprint density at radius 1 is 1.45 bits per heavy atom. The molecule has 7 nitrogen and oxygen atoms in total. The van der Waals surface area contributed by atoms with Crippen molar-refractivity contribution < 1.29 is 19.8 Å². The first-order chi connectivity index (χ1) is 4.86. The van der Waals surface area contributed by atoms with Gasteiger partial charge in [0.25, 0.3) is 0 Å². The van der Waals surface area contributed by atoms with Crippen molar-refractivity contribution in [1.82, 2.24) is 0 Å². The Morgan fingerprint density at radius 3 is 1.73 bits per heavy atom. The van der Waals surface area contributed by atoms with Crippen LogP contribution < -0.4 is 0 Å². The molecule has 7 heteroatoms. The van der Waals surface area contributed by atoms with Gasteiger partial charge in [-0.3, -0.25) is 9.59 Å². The summed E-state index contributed by atoms with van der Waals surface area (Å²) in [6, 6.07) is 0. The van der Waals surface area contributed by atoms with E-state index in [1.54, 1.807) is 0 Å². The summed E-state index contributed by atoms with van der Waals surface area (Å²) in [5.41, 5.74) is 0. The van der Waals surface area contributed by atoms with Crippen molar-refractivity contribution in [2.75, 3.05) is 0 Å². The second kappa shape index (κ2) is 6.46. The van der Waals surface area contributed by atoms with Crippen LogP contribution in [0.25, 0.3) is 0 Å². The van der Waals surface area contributed by atoms with Crippen LogP contribution in [0.5, 0.6) is 0 Å². The van der Waals surface area contributed by atoms with Crippen molar-refractivity contribution in [2.45, 2.75) is 13.3 Å². The molecule has 0 bridgehead atoms. The number of carbonyl (C=O) groups is 2. The summed E-state index contributed by atoms with van der Waals surface area (Å²) in [7, 11) is 0. The molecule has 0 aliphatic carbocycles. The summed E-state index contributed by atoms with van der Waals surface area (Å²) < 4.78 is 0. The maximum atomic E-state index is 9.87. The summed E-state index contributed by atoms with van der Waals surface area (Å²) in [6.45, 7) is 1.24. The van der Waals surface area contributed by atoms with E-state index in [-0.39, 0.29) is 12.2 Å². The fraction of sp³-hybridized carbons (Fsp3) is 0.500. The molecule has 0 aliphatic heterocycles. The van der Waals surface area contributed by atoms with E-state index in [1.807, 2.05) is 0 Å². The normalized spacial score (nSPS) is 7.36. The van der Waals surface area contributed by atoms with E-state index in [0.29, 0.717) is 0 Å². The zero-order chi connectivity index (χ0) is 9.44. The van der Waals surface area contributed by atoms with Crippen LogP contribution in [-0.4, -0.2) is 21.9 Å². The monoisotopic (exact) mass is 164 g/mol. The average molecular weight is 164 g/mol. The lowest BCUT2D eigenvalue weighted by atomic mass is 10.3. The van der Waals surface area contributed by atoms with Gasteiger partial charge in [-0.2, -0.15) is 0 Å². The van der Waals surface area contributed by atoms with Gasteiger partial charge in [-0.05, 0) is 6.92 Å². The summed E-state index contributed by atoms with van der Waals surface area (Å²) >= 11 is 0. The molecule has 0 spiro atoms. The largest absolute Gasteiger partial charge is 0.481 e. The Morgan fingerprint density at radius 2 is 1.73 bits per heavy atom. The number of carbonyl (C=O) groups excluding carboxylic acids is 1. The molecule has 0 aromatic heterocycles. The molecular weight excluding hydrogens is 158 g/mol. The molecule has 11 heavy (non-hydrogen) atoms. The SMILES string of the molecule is CC(=O)CC(=O)O.O=[N+]([O-])[O-]. The van der Waals surface area contributed by atoms with Gasteiger partial charge in [-0.15, -0.1) is 0 Å². The van der Waals surface area contributed by atoms with Gasteiger partial charge >= 0.3 is 5.97 Å². The minimum absolute atomic E-state index is 0.312. The molecule has 0 unspecified atom stereocenters. The molecular formula is C4H6NO6-. The van der Waals surface area contributed by atoms with Gasteiger partial charge in [0.15, 0.2) is 0 Å². The van der Waals surface area contributed by atoms with Crippen LogP contribution in [0.3, 0.4) is 0 Å². The summed E-state index contributed by atoms with van der Waals surface area (Å²) in [5.74, 6) is -1.37. The lowest BCUT2D eigenvalue weighted by Crippen LogP contribution is -2.00. The predicted molar refractivity (Wildman–Crippen MR) is 33.3 cm³/mol. The van der Waals surface area contributed by atoms with Crippen molar-refractivity contribution in [3.63, 3.8) is 0 Å². The minimum Gasteiger partial charge on any atom is -0.481 e. The highest BCUT2D eigenvalue weighted by molar-refractivity contribution is 5.93. The first-order valence-corrected chi connectivity index (χ1v) is 2.39. The number of ketones is 1. The van der Waals surface area contributed by atoms with Crippen LogP contribution in [0.4, 0.5) is 0 Å². The Kier molecular flexibility index (Phi) is 7.08. The molecule has 0 fully saturated rings. The third-order valence-corrected chi connectivity index (χ3v) is 0.400. The van der Waals surface area contributed by atoms with Crippen molar-refractivity contribution in [3.8, 4) is 0 Å². The highest BCUT2D eigenvalue weighted by Crippen LogP contribution is 1.77. The Balaban J connectivity index is 0. The molecule has 0 aromatic carbocycles. The third-order valence-electron chi connectivity index (χ3n) is 0.400. The lowest BCUT2D eigenvalue weighted by Gasteiger charge is -1.80. The van der Waals surface area contributed by atoms with E-state index in [2.05, 4.69) is 0 Å². The highest BCUT2D eigenvalue weighted by Gasteiger charge is 1.98. The number of nitrogens with zero attached hydrogens (tertiary/aromatic N) is 1. The molecule has 0 aliphatic rings. The van der Waals surface area contributed by atoms with Crippen molar-refractivity contribution in [2.24, 2.45) is 0 Å². The van der Waals surface area contributed by atoms with Crippen LogP contribution in [0.15, 0.2) is 0 Å². The van der Waals surface area contributed by atoms with Gasteiger partial charge in [-0.1, -0.05) is 0 Å². The van der Waals surface area contributed by atoms with E-state index in [1.165, 1.54) is 6.92 Å². The number of Topliss-reactive ketones (excluding diaryl/α,β-unsaturated/α-hetero) is 1. The molecule has 0 atom stereocenters. The third kappa shape index (κ3) is 61.2. The zero-order valence-corrected chi connectivity index (χ0v) is 5.64. The van der Waals surface area contributed by atoms with Crippen molar-refractivity contribution >= 4 is 11.8 Å². The topological polar surface area (TPSA) is 121 Å². The standard InChI is InChI=1S/C4H6O3.NO3/c1-3(5)2-4(6)7;2-1(3)4/h2H2,1H3,(H,6,7);/q;-1. The predicted octanol–water partition coefficient (Wildman–Crippen LogP) is -0.189. The Hall–Kier alpha value is -1.66. The Labute approximate surface area is 61.4 Å². The van der Waals surface area contributed by atoms with Gasteiger partial charge in [0, 0.05) is 0 Å². The number of rotatable bonds is 2. The first-order valence-electron chi connectivity index (χ1n) is 2.39. The van der Waals surface area contributed by atoms with E-state index in [9.17, 15) is 9.59 Å². The number of carboxylic acid groups (broad SMARTS) is 1. The molecule has 1 N–H and O–H groups in total. The van der Waals surface area contributed by atoms with Crippen LogP contribution in [0.1, 0.15) is 13.3 Å². The number of carboxylic acids is 1. The highest BCUT2D eigenvalue weighted by atomic mass is 16.9. The fourth-order valence-electron chi connectivity index (χ4n) is 0.213. The first kappa shape index (κ1) is 12.1. The van der Waals surface area contributed by atoms with Crippen LogP contribution in [-0.2, 0) is 9.59 Å². The van der Waals surface area contributed by atoms with E-state index in [4.69, 9.17) is 20.4 Å². The lowest BCUT2D eigenvalue weighted by molar-refractivity contribution is -0.402. The van der Waals surface area contributed by atoms with Crippen molar-refractivity contribution in [1.29, 1.82) is 0 Å². The second-order valence-corrected chi connectivity index (χ2v) is 1.50. The minimum atomic E-state index is -1.75. The second-order valence-electron chi connectivity index (χ2n) is 1.50. The summed E-state index contributed by atoms with van der Waals surface area (Å²) in [6.07, 6.45) is -0.361. The van der Waals surface area contributed by atoms with Crippen molar-refractivity contribution in [3.05, 3.63) is 15.3 Å². The Bertz CT molecular complexity index is 148.